The largest absolute Gasteiger partial charge is 0.474 e. The number of nitrogens with zero attached hydrogens (tertiary/aromatic N) is 5. The zero-order valence-electron chi connectivity index (χ0n) is 21.1. The molecule has 3 aliphatic rings. The number of carbonyl (C=O) groups is 1. The molecule has 0 aliphatic carbocycles. The first-order valence-corrected chi connectivity index (χ1v) is 12.5. The second-order valence-corrected chi connectivity index (χ2v) is 10.3. The second-order valence-electron chi connectivity index (χ2n) is 10.3. The molecule has 0 unspecified atom stereocenters. The number of aromatic nitrogens is 3. The van der Waals surface area contributed by atoms with Gasteiger partial charge < -0.3 is 20.3 Å². The van der Waals surface area contributed by atoms with E-state index in [0.717, 1.165) is 30.9 Å². The molecule has 1 amide bonds. The maximum absolute atomic E-state index is 12.1. The summed E-state index contributed by atoms with van der Waals surface area (Å²) >= 11 is 0. The van der Waals surface area contributed by atoms with Crippen molar-refractivity contribution in [3.05, 3.63) is 48.3 Å². The third kappa shape index (κ3) is 3.93. The number of nitrogens with one attached hydrogen (secondary N) is 2. The van der Waals surface area contributed by atoms with E-state index in [-0.39, 0.29) is 5.91 Å². The first kappa shape index (κ1) is 22.7. The van der Waals surface area contributed by atoms with Gasteiger partial charge in [0.1, 0.15) is 0 Å². The topological polar surface area (TPSA) is 95.5 Å². The van der Waals surface area contributed by atoms with Crippen molar-refractivity contribution in [3.63, 3.8) is 0 Å². The van der Waals surface area contributed by atoms with E-state index in [9.17, 15) is 4.79 Å². The van der Waals surface area contributed by atoms with Crippen molar-refractivity contribution in [2.45, 2.75) is 51.8 Å². The third-order valence-electron chi connectivity index (χ3n) is 7.47. The number of carbonyl (C=O) groups excluding carboxylic acids is 1. The highest BCUT2D eigenvalue weighted by molar-refractivity contribution is 5.99. The van der Waals surface area contributed by atoms with E-state index in [0.29, 0.717) is 35.3 Å². The number of amides is 1. The number of hydrogen-bond donors (Lipinski definition) is 2. The minimum Gasteiger partial charge on any atom is -0.474 e. The minimum atomic E-state index is -0.959. The van der Waals surface area contributed by atoms with Gasteiger partial charge in [0.25, 0.3) is 5.91 Å². The lowest BCUT2D eigenvalue weighted by Gasteiger charge is -2.36. The molecule has 9 heteroatoms. The molecule has 2 bridgehead atoms. The Kier molecular flexibility index (Phi) is 5.33. The Morgan fingerprint density at radius 1 is 1.17 bits per heavy atom. The molecule has 5 heterocycles. The predicted octanol–water partition coefficient (Wildman–Crippen LogP) is 3.98. The second kappa shape index (κ2) is 8.44. The van der Waals surface area contributed by atoms with Gasteiger partial charge in [-0.15, -0.1) is 0 Å². The smallest absolute Gasteiger partial charge is 0.269 e. The summed E-state index contributed by atoms with van der Waals surface area (Å²) in [5.74, 6) is 1.23. The molecule has 2 aromatic heterocycles. The number of pyridine rings is 1. The Morgan fingerprint density at radius 2 is 2.03 bits per heavy atom. The van der Waals surface area contributed by atoms with Gasteiger partial charge >= 0.3 is 0 Å². The van der Waals surface area contributed by atoms with Crippen molar-refractivity contribution >= 4 is 29.0 Å². The van der Waals surface area contributed by atoms with Crippen LogP contribution in [0.2, 0.25) is 0 Å². The summed E-state index contributed by atoms with van der Waals surface area (Å²) in [6.45, 7) is 11.3. The first-order chi connectivity index (χ1) is 17.3. The third-order valence-corrected chi connectivity index (χ3v) is 7.47. The number of hydrogen-bond acceptors (Lipinski definition) is 8. The Hall–Kier alpha value is -3.72. The van der Waals surface area contributed by atoms with Gasteiger partial charge in [0, 0.05) is 54.5 Å². The van der Waals surface area contributed by atoms with E-state index in [2.05, 4.69) is 62.4 Å². The van der Waals surface area contributed by atoms with Crippen LogP contribution in [-0.2, 0) is 4.79 Å². The Morgan fingerprint density at radius 3 is 2.78 bits per heavy atom. The molecule has 36 heavy (non-hydrogen) atoms. The normalized spacial score (nSPS) is 22.2. The number of ether oxygens (including phenoxy) is 1. The van der Waals surface area contributed by atoms with E-state index in [4.69, 9.17) is 9.72 Å². The lowest BCUT2D eigenvalue weighted by atomic mass is 10.1. The zero-order chi connectivity index (χ0) is 25.0. The standard InChI is InChI=1S/C27H31N7O2/c1-5-33-14-20-12-19(33)15-34(20)22-7-6-18(10-16(22)2)30-26-28-9-8-21(31-26)17-11-23-24(29-13-17)32-25(35)27(3,4)36-23/h6-11,13,19-20H,5,12,14-15H2,1-4H3,(H,28,30,31)(H,29,32,35)/t19-,20-/m0/s1. The fourth-order valence-corrected chi connectivity index (χ4v) is 5.53. The summed E-state index contributed by atoms with van der Waals surface area (Å²) in [6, 6.07) is 11.4. The molecular formula is C27H31N7O2. The number of aryl methyl sites for hydroxylation is 1. The van der Waals surface area contributed by atoms with E-state index >= 15 is 0 Å². The van der Waals surface area contributed by atoms with Gasteiger partial charge in [0.15, 0.2) is 17.2 Å². The summed E-state index contributed by atoms with van der Waals surface area (Å²) in [4.78, 5) is 30.8. The number of fused-ring (bicyclic) bond motifs is 3. The molecule has 0 spiro atoms. The van der Waals surface area contributed by atoms with Crippen molar-refractivity contribution in [2.24, 2.45) is 0 Å². The number of likely N-dealkylation sites (tertiary alicyclic amines) is 1. The summed E-state index contributed by atoms with van der Waals surface area (Å²) < 4.78 is 5.88. The molecule has 3 aliphatic heterocycles. The average molecular weight is 486 g/mol. The number of anilines is 4. The van der Waals surface area contributed by atoms with Crippen LogP contribution in [0.4, 0.5) is 23.1 Å². The SMILES string of the molecule is CCN1C[C@@H]2C[C@H]1CN2c1ccc(Nc2nccc(-c3cnc4c(c3)OC(C)(C)C(=O)N4)n2)cc1C. The van der Waals surface area contributed by atoms with E-state index in [1.807, 2.05) is 12.1 Å². The Labute approximate surface area is 210 Å². The first-order valence-electron chi connectivity index (χ1n) is 12.5. The van der Waals surface area contributed by atoms with E-state index < -0.39 is 5.60 Å². The van der Waals surface area contributed by atoms with Crippen molar-refractivity contribution < 1.29 is 9.53 Å². The predicted molar refractivity (Wildman–Crippen MR) is 140 cm³/mol. The molecule has 2 atom stereocenters. The Balaban J connectivity index is 1.20. The zero-order valence-corrected chi connectivity index (χ0v) is 21.1. The molecule has 6 rings (SSSR count). The fraction of sp³-hybridized carbons (Fsp3) is 0.407. The fourth-order valence-electron chi connectivity index (χ4n) is 5.53. The van der Waals surface area contributed by atoms with Crippen LogP contribution in [0.3, 0.4) is 0 Å². The van der Waals surface area contributed by atoms with Gasteiger partial charge in [0.05, 0.1) is 5.69 Å². The highest BCUT2D eigenvalue weighted by Crippen LogP contribution is 2.37. The molecule has 1 aromatic carbocycles. The molecule has 186 valence electrons. The van der Waals surface area contributed by atoms with Gasteiger partial charge in [-0.3, -0.25) is 9.69 Å². The maximum Gasteiger partial charge on any atom is 0.269 e. The lowest BCUT2D eigenvalue weighted by molar-refractivity contribution is -0.129. The quantitative estimate of drug-likeness (QED) is 0.560. The summed E-state index contributed by atoms with van der Waals surface area (Å²) in [6.07, 6.45) is 4.66. The monoisotopic (exact) mass is 485 g/mol. The van der Waals surface area contributed by atoms with Crippen LogP contribution in [0.15, 0.2) is 42.7 Å². The molecular weight excluding hydrogens is 454 g/mol. The van der Waals surface area contributed by atoms with Crippen molar-refractivity contribution in [2.75, 3.05) is 35.2 Å². The molecule has 9 nitrogen and oxygen atoms in total. The summed E-state index contributed by atoms with van der Waals surface area (Å²) in [5, 5.41) is 6.14. The van der Waals surface area contributed by atoms with Gasteiger partial charge in [-0.1, -0.05) is 6.92 Å². The van der Waals surface area contributed by atoms with Crippen LogP contribution < -0.4 is 20.3 Å². The summed E-state index contributed by atoms with van der Waals surface area (Å²) in [7, 11) is 0. The molecule has 0 radical (unpaired) electrons. The van der Waals surface area contributed by atoms with Crippen LogP contribution in [0, 0.1) is 6.92 Å². The molecule has 0 saturated carbocycles. The van der Waals surface area contributed by atoms with Crippen LogP contribution in [0.1, 0.15) is 32.8 Å². The van der Waals surface area contributed by atoms with Crippen LogP contribution in [-0.4, -0.2) is 63.1 Å². The number of benzene rings is 1. The maximum atomic E-state index is 12.1. The van der Waals surface area contributed by atoms with E-state index in [1.54, 1.807) is 26.2 Å². The van der Waals surface area contributed by atoms with Crippen LogP contribution in [0.25, 0.3) is 11.3 Å². The van der Waals surface area contributed by atoms with Crippen molar-refractivity contribution in [1.29, 1.82) is 0 Å². The number of likely N-dealkylation sites (N-methyl/N-ethyl adjacent to an activating group) is 1. The van der Waals surface area contributed by atoms with Crippen molar-refractivity contribution in [3.8, 4) is 17.0 Å². The highest BCUT2D eigenvalue weighted by atomic mass is 16.5. The van der Waals surface area contributed by atoms with Gasteiger partial charge in [-0.25, -0.2) is 15.0 Å². The van der Waals surface area contributed by atoms with Gasteiger partial charge in [-0.2, -0.15) is 0 Å². The van der Waals surface area contributed by atoms with Gasteiger partial charge in [0.2, 0.25) is 5.95 Å². The highest BCUT2D eigenvalue weighted by Gasteiger charge is 2.42. The van der Waals surface area contributed by atoms with Crippen LogP contribution >= 0.6 is 0 Å². The Bertz CT molecular complexity index is 1340. The van der Waals surface area contributed by atoms with E-state index in [1.165, 1.54) is 17.7 Å². The summed E-state index contributed by atoms with van der Waals surface area (Å²) in [5.41, 5.74) is 4.04. The molecule has 2 saturated heterocycles. The van der Waals surface area contributed by atoms with Gasteiger partial charge in [-0.05, 0) is 69.6 Å². The average Bonchev–Trinajstić information content (AvgIpc) is 3.45. The minimum absolute atomic E-state index is 0.217. The molecule has 2 fully saturated rings. The lowest BCUT2D eigenvalue weighted by Crippen LogP contribution is -2.46. The van der Waals surface area contributed by atoms with Crippen LogP contribution in [0.5, 0.6) is 5.75 Å². The molecule has 3 aromatic rings. The number of piperazine rings is 1. The molecule has 2 N–H and O–H groups in total. The van der Waals surface area contributed by atoms with Crippen molar-refractivity contribution in [1.82, 2.24) is 19.9 Å². The number of rotatable bonds is 5.